The zero-order chi connectivity index (χ0) is 14.8. The molecule has 0 saturated carbocycles. The second kappa shape index (κ2) is 5.66. The van der Waals surface area contributed by atoms with Crippen molar-refractivity contribution in [2.24, 2.45) is 0 Å². The first-order valence-corrected chi connectivity index (χ1v) is 6.99. The van der Waals surface area contributed by atoms with Crippen LogP contribution in [0.4, 0.5) is 10.1 Å². The number of hydrogen-bond acceptors (Lipinski definition) is 1. The summed E-state index contributed by atoms with van der Waals surface area (Å²) in [7, 11) is 0. The van der Waals surface area contributed by atoms with Gasteiger partial charge in [-0.2, -0.15) is 0 Å². The monoisotopic (exact) mass is 271 g/mol. The van der Waals surface area contributed by atoms with E-state index in [0.29, 0.717) is 0 Å². The maximum absolute atomic E-state index is 13.3. The van der Waals surface area contributed by atoms with Gasteiger partial charge in [-0.3, -0.25) is 0 Å². The number of anilines is 1. The van der Waals surface area contributed by atoms with Crippen LogP contribution in [-0.4, -0.2) is 0 Å². The standard InChI is InChI=1S/C18H22FN/c1-13(14-8-7-9-15(19)12-14)20-17-11-6-5-10-16(17)18(2,3)4/h5-13,20H,1-4H3. The van der Waals surface area contributed by atoms with E-state index in [2.05, 4.69) is 44.3 Å². The zero-order valence-corrected chi connectivity index (χ0v) is 12.6. The van der Waals surface area contributed by atoms with Gasteiger partial charge in [-0.15, -0.1) is 0 Å². The molecule has 0 radical (unpaired) electrons. The Bertz CT molecular complexity index is 584. The van der Waals surface area contributed by atoms with Crippen LogP contribution in [-0.2, 0) is 5.41 Å². The minimum atomic E-state index is -0.194. The molecule has 1 unspecified atom stereocenters. The molecule has 1 atom stereocenters. The molecule has 2 aromatic carbocycles. The van der Waals surface area contributed by atoms with Crippen molar-refractivity contribution < 1.29 is 4.39 Å². The first-order valence-electron chi connectivity index (χ1n) is 6.99. The van der Waals surface area contributed by atoms with Crippen LogP contribution in [0.2, 0.25) is 0 Å². The third-order valence-electron chi connectivity index (χ3n) is 3.46. The Labute approximate surface area is 120 Å². The van der Waals surface area contributed by atoms with Crippen molar-refractivity contribution in [3.8, 4) is 0 Å². The largest absolute Gasteiger partial charge is 0.378 e. The molecule has 1 nitrogen and oxygen atoms in total. The average Bonchev–Trinajstić information content (AvgIpc) is 2.38. The van der Waals surface area contributed by atoms with Crippen LogP contribution in [0.25, 0.3) is 0 Å². The summed E-state index contributed by atoms with van der Waals surface area (Å²) >= 11 is 0. The van der Waals surface area contributed by atoms with Crippen molar-refractivity contribution in [3.05, 3.63) is 65.5 Å². The van der Waals surface area contributed by atoms with Crippen molar-refractivity contribution >= 4 is 5.69 Å². The van der Waals surface area contributed by atoms with E-state index in [1.54, 1.807) is 12.1 Å². The van der Waals surface area contributed by atoms with E-state index in [9.17, 15) is 4.39 Å². The topological polar surface area (TPSA) is 12.0 Å². The Morgan fingerprint density at radius 1 is 1.00 bits per heavy atom. The molecule has 2 rings (SSSR count). The summed E-state index contributed by atoms with van der Waals surface area (Å²) in [6.07, 6.45) is 0. The fourth-order valence-corrected chi connectivity index (χ4v) is 2.36. The Morgan fingerprint density at radius 2 is 1.70 bits per heavy atom. The van der Waals surface area contributed by atoms with Crippen LogP contribution >= 0.6 is 0 Å². The van der Waals surface area contributed by atoms with Gasteiger partial charge in [0.2, 0.25) is 0 Å². The lowest BCUT2D eigenvalue weighted by Crippen LogP contribution is -2.16. The molecule has 2 heteroatoms. The number of rotatable bonds is 3. The Balaban J connectivity index is 2.26. The molecule has 106 valence electrons. The summed E-state index contributed by atoms with van der Waals surface area (Å²) in [6.45, 7) is 8.63. The molecule has 0 fully saturated rings. The molecule has 0 saturated heterocycles. The van der Waals surface area contributed by atoms with E-state index < -0.39 is 0 Å². The maximum atomic E-state index is 13.3. The zero-order valence-electron chi connectivity index (χ0n) is 12.6. The normalized spacial score (nSPS) is 13.1. The Hall–Kier alpha value is -1.83. The molecule has 0 aromatic heterocycles. The number of nitrogens with one attached hydrogen (secondary N) is 1. The highest BCUT2D eigenvalue weighted by Gasteiger charge is 2.18. The highest BCUT2D eigenvalue weighted by Crippen LogP contribution is 2.31. The fraction of sp³-hybridized carbons (Fsp3) is 0.333. The number of hydrogen-bond donors (Lipinski definition) is 1. The van der Waals surface area contributed by atoms with Gasteiger partial charge >= 0.3 is 0 Å². The lowest BCUT2D eigenvalue weighted by molar-refractivity contribution is 0.590. The molecule has 20 heavy (non-hydrogen) atoms. The SMILES string of the molecule is CC(Nc1ccccc1C(C)(C)C)c1cccc(F)c1. The smallest absolute Gasteiger partial charge is 0.123 e. The van der Waals surface area contributed by atoms with Gasteiger partial charge in [-0.1, -0.05) is 51.1 Å². The molecule has 0 heterocycles. The molecule has 1 N–H and O–H groups in total. The van der Waals surface area contributed by atoms with Gasteiger partial charge in [-0.25, -0.2) is 4.39 Å². The van der Waals surface area contributed by atoms with Crippen molar-refractivity contribution in [1.29, 1.82) is 0 Å². The van der Waals surface area contributed by atoms with Crippen LogP contribution in [0.15, 0.2) is 48.5 Å². The van der Waals surface area contributed by atoms with E-state index in [1.807, 2.05) is 19.1 Å². The van der Waals surface area contributed by atoms with Gasteiger partial charge in [0.05, 0.1) is 0 Å². The quantitative estimate of drug-likeness (QED) is 0.799. The van der Waals surface area contributed by atoms with E-state index in [-0.39, 0.29) is 17.3 Å². The molecule has 0 aliphatic carbocycles. The first kappa shape index (κ1) is 14.6. The molecular weight excluding hydrogens is 249 g/mol. The molecule has 0 aliphatic heterocycles. The second-order valence-corrected chi connectivity index (χ2v) is 6.22. The number of halogens is 1. The minimum Gasteiger partial charge on any atom is -0.378 e. The van der Waals surface area contributed by atoms with Crippen molar-refractivity contribution in [2.45, 2.75) is 39.2 Å². The lowest BCUT2D eigenvalue weighted by Gasteiger charge is -2.25. The van der Waals surface area contributed by atoms with Gasteiger partial charge in [0.1, 0.15) is 5.82 Å². The Morgan fingerprint density at radius 3 is 2.35 bits per heavy atom. The van der Waals surface area contributed by atoms with Gasteiger partial charge < -0.3 is 5.32 Å². The predicted molar refractivity (Wildman–Crippen MR) is 83.6 cm³/mol. The molecule has 0 bridgehead atoms. The number of para-hydroxylation sites is 1. The van der Waals surface area contributed by atoms with Gasteiger partial charge in [0, 0.05) is 11.7 Å². The van der Waals surface area contributed by atoms with Crippen molar-refractivity contribution in [2.75, 3.05) is 5.32 Å². The number of benzene rings is 2. The first-order chi connectivity index (χ1) is 9.38. The van der Waals surface area contributed by atoms with E-state index in [4.69, 9.17) is 0 Å². The van der Waals surface area contributed by atoms with Crippen molar-refractivity contribution in [3.63, 3.8) is 0 Å². The summed E-state index contributed by atoms with van der Waals surface area (Å²) < 4.78 is 13.3. The summed E-state index contributed by atoms with van der Waals surface area (Å²) in [5, 5.41) is 3.49. The van der Waals surface area contributed by atoms with E-state index in [1.165, 1.54) is 11.6 Å². The highest BCUT2D eigenvalue weighted by atomic mass is 19.1. The average molecular weight is 271 g/mol. The summed E-state index contributed by atoms with van der Waals surface area (Å²) in [5.74, 6) is -0.194. The van der Waals surface area contributed by atoms with Crippen LogP contribution in [0.3, 0.4) is 0 Å². The van der Waals surface area contributed by atoms with Gasteiger partial charge in [-0.05, 0) is 41.7 Å². The summed E-state index contributed by atoms with van der Waals surface area (Å²) in [6, 6.07) is 15.1. The lowest BCUT2D eigenvalue weighted by atomic mass is 9.85. The molecule has 0 amide bonds. The maximum Gasteiger partial charge on any atom is 0.123 e. The molecule has 2 aromatic rings. The van der Waals surface area contributed by atoms with Crippen LogP contribution in [0.1, 0.15) is 44.9 Å². The predicted octanol–water partition coefficient (Wildman–Crippen LogP) is 5.30. The summed E-state index contributed by atoms with van der Waals surface area (Å²) in [5.41, 5.74) is 3.40. The minimum absolute atomic E-state index is 0.0641. The summed E-state index contributed by atoms with van der Waals surface area (Å²) in [4.78, 5) is 0. The van der Waals surface area contributed by atoms with Crippen molar-refractivity contribution in [1.82, 2.24) is 0 Å². The highest BCUT2D eigenvalue weighted by molar-refractivity contribution is 5.55. The van der Waals surface area contributed by atoms with Gasteiger partial charge in [0.25, 0.3) is 0 Å². The molecule has 0 spiro atoms. The van der Waals surface area contributed by atoms with Gasteiger partial charge in [0.15, 0.2) is 0 Å². The fourth-order valence-electron chi connectivity index (χ4n) is 2.36. The molecule has 0 aliphatic rings. The van der Waals surface area contributed by atoms with Crippen LogP contribution < -0.4 is 5.32 Å². The Kier molecular flexibility index (Phi) is 4.12. The second-order valence-electron chi connectivity index (χ2n) is 6.22. The third kappa shape index (κ3) is 3.38. The van der Waals surface area contributed by atoms with Crippen LogP contribution in [0, 0.1) is 5.82 Å². The van der Waals surface area contributed by atoms with Crippen LogP contribution in [0.5, 0.6) is 0 Å². The molecular formula is C18H22FN. The van der Waals surface area contributed by atoms with E-state index in [0.717, 1.165) is 11.3 Å². The van der Waals surface area contributed by atoms with E-state index >= 15 is 0 Å². The third-order valence-corrected chi connectivity index (χ3v) is 3.46.